The van der Waals surface area contributed by atoms with Crippen molar-refractivity contribution in [2.75, 3.05) is 51.3 Å². The first-order valence-corrected chi connectivity index (χ1v) is 12.3. The lowest BCUT2D eigenvalue weighted by atomic mass is 10.0. The molecule has 0 atom stereocenters. The number of carbonyl (C=O) groups is 1. The Kier molecular flexibility index (Phi) is 8.53. The van der Waals surface area contributed by atoms with Crippen molar-refractivity contribution < 1.29 is 19.0 Å². The number of hydrogen-bond acceptors (Lipinski definition) is 7. The predicted molar refractivity (Wildman–Crippen MR) is 135 cm³/mol. The zero-order chi connectivity index (χ0) is 23.9. The summed E-state index contributed by atoms with van der Waals surface area (Å²) in [7, 11) is 1.28. The first-order chi connectivity index (χ1) is 16.5. The summed E-state index contributed by atoms with van der Waals surface area (Å²) >= 11 is 12.5. The third kappa shape index (κ3) is 6.34. The Morgan fingerprint density at radius 2 is 1.88 bits per heavy atom. The second kappa shape index (κ2) is 11.8. The summed E-state index contributed by atoms with van der Waals surface area (Å²) in [4.78, 5) is 20.5. The van der Waals surface area contributed by atoms with E-state index in [9.17, 15) is 4.79 Å². The number of piperazine rings is 1. The molecule has 2 heterocycles. The number of anilines is 1. The number of ether oxygens (including phenoxy) is 3. The molecule has 0 N–H and O–H groups in total. The van der Waals surface area contributed by atoms with Crippen LogP contribution in [-0.2, 0) is 15.9 Å². The smallest absolute Gasteiger partial charge is 0.494 e. The van der Waals surface area contributed by atoms with Gasteiger partial charge in [-0.3, -0.25) is 4.90 Å². The van der Waals surface area contributed by atoms with Crippen molar-refractivity contribution in [1.82, 2.24) is 4.90 Å². The molecule has 2 aromatic rings. The zero-order valence-corrected chi connectivity index (χ0v) is 20.8. The van der Waals surface area contributed by atoms with E-state index >= 15 is 0 Å². The second-order valence-corrected chi connectivity index (χ2v) is 9.09. The average Bonchev–Trinajstić information content (AvgIpc) is 2.85. The monoisotopic (exact) mass is 505 g/mol. The maximum absolute atomic E-state index is 11.3. The highest BCUT2D eigenvalue weighted by molar-refractivity contribution is 6.43. The van der Waals surface area contributed by atoms with Gasteiger partial charge < -0.3 is 19.1 Å². The van der Waals surface area contributed by atoms with Crippen LogP contribution in [0.3, 0.4) is 0 Å². The maximum atomic E-state index is 11.3. The molecule has 0 bridgehead atoms. The van der Waals surface area contributed by atoms with Gasteiger partial charge in [0.15, 0.2) is 0 Å². The minimum atomic E-state index is -0.746. The highest BCUT2D eigenvalue weighted by atomic mass is 35.5. The van der Waals surface area contributed by atoms with Gasteiger partial charge in [-0.15, -0.1) is 0 Å². The molecule has 0 radical (unpaired) electrons. The van der Waals surface area contributed by atoms with Gasteiger partial charge in [-0.2, -0.15) is 0 Å². The van der Waals surface area contributed by atoms with Gasteiger partial charge in [0.25, 0.3) is 0 Å². The van der Waals surface area contributed by atoms with Crippen LogP contribution in [-0.4, -0.2) is 63.4 Å². The van der Waals surface area contributed by atoms with E-state index in [2.05, 4.69) is 19.5 Å². The molecule has 0 amide bonds. The normalized spacial score (nSPS) is 16.0. The van der Waals surface area contributed by atoms with Crippen LogP contribution in [0.5, 0.6) is 5.75 Å². The standard InChI is InChI=1S/C25H29Cl2N3O4/c1-32-25(31)34-23-10-8-18-7-9-19(17-21(18)28-23)33-16-3-2-11-29-12-14-30(15-13-29)22-6-4-5-20(26)24(22)27/h4-7,9,17H,2-3,8,10-16H2,1H3. The van der Waals surface area contributed by atoms with E-state index in [0.717, 1.165) is 74.7 Å². The number of nitrogens with zero attached hydrogens (tertiary/aromatic N) is 3. The Labute approximate surface area is 210 Å². The van der Waals surface area contributed by atoms with Crippen molar-refractivity contribution in [3.05, 3.63) is 52.0 Å². The lowest BCUT2D eigenvalue weighted by molar-refractivity contribution is 0.116. The summed E-state index contributed by atoms with van der Waals surface area (Å²) in [5.74, 6) is 1.14. The van der Waals surface area contributed by atoms with Gasteiger partial charge in [0, 0.05) is 38.7 Å². The molecule has 0 spiro atoms. The van der Waals surface area contributed by atoms with Crippen LogP contribution < -0.4 is 9.64 Å². The van der Waals surface area contributed by atoms with Gasteiger partial charge in [0.1, 0.15) is 5.75 Å². The number of unbranched alkanes of at least 4 members (excludes halogenated alkanes) is 1. The Morgan fingerprint density at radius 3 is 2.68 bits per heavy atom. The van der Waals surface area contributed by atoms with Gasteiger partial charge in [0.2, 0.25) is 5.90 Å². The summed E-state index contributed by atoms with van der Waals surface area (Å²) in [6.45, 7) is 5.57. The lowest BCUT2D eigenvalue weighted by Gasteiger charge is -2.36. The number of carbonyl (C=O) groups excluding carboxylic acids is 1. The predicted octanol–water partition coefficient (Wildman–Crippen LogP) is 5.73. The molecule has 0 unspecified atom stereocenters. The highest BCUT2D eigenvalue weighted by Gasteiger charge is 2.20. The molecule has 1 fully saturated rings. The summed E-state index contributed by atoms with van der Waals surface area (Å²) in [6, 6.07) is 11.7. The van der Waals surface area contributed by atoms with Crippen molar-refractivity contribution >= 4 is 46.6 Å². The first kappa shape index (κ1) is 24.6. The third-order valence-electron chi connectivity index (χ3n) is 6.06. The maximum Gasteiger partial charge on any atom is 0.514 e. The molecule has 2 aromatic carbocycles. The van der Waals surface area contributed by atoms with Crippen LogP contribution >= 0.6 is 23.2 Å². The van der Waals surface area contributed by atoms with Crippen LogP contribution in [0.2, 0.25) is 10.0 Å². The fourth-order valence-corrected chi connectivity index (χ4v) is 4.58. The zero-order valence-electron chi connectivity index (χ0n) is 19.3. The van der Waals surface area contributed by atoms with E-state index < -0.39 is 6.16 Å². The van der Waals surface area contributed by atoms with Crippen LogP contribution in [0.4, 0.5) is 16.2 Å². The van der Waals surface area contributed by atoms with E-state index in [1.54, 1.807) is 0 Å². The topological polar surface area (TPSA) is 63.6 Å². The molecule has 2 aliphatic rings. The minimum Gasteiger partial charge on any atom is -0.494 e. The van der Waals surface area contributed by atoms with E-state index in [0.29, 0.717) is 29.0 Å². The van der Waals surface area contributed by atoms with Crippen LogP contribution in [0, 0.1) is 0 Å². The molecular formula is C25H29Cl2N3O4. The number of fused-ring (bicyclic) bond motifs is 1. The molecule has 7 nitrogen and oxygen atoms in total. The Balaban J connectivity index is 1.17. The van der Waals surface area contributed by atoms with Crippen LogP contribution in [0.1, 0.15) is 24.8 Å². The van der Waals surface area contributed by atoms with E-state index in [1.807, 2.05) is 36.4 Å². The summed E-state index contributed by atoms with van der Waals surface area (Å²) < 4.78 is 15.6. The average molecular weight is 506 g/mol. The molecule has 2 aliphatic heterocycles. The Bertz CT molecular complexity index is 1040. The summed E-state index contributed by atoms with van der Waals surface area (Å²) in [5.41, 5.74) is 2.91. The lowest BCUT2D eigenvalue weighted by Crippen LogP contribution is -2.46. The van der Waals surface area contributed by atoms with Gasteiger partial charge >= 0.3 is 6.16 Å². The number of hydrogen-bond donors (Lipinski definition) is 0. The van der Waals surface area contributed by atoms with Crippen LogP contribution in [0.25, 0.3) is 0 Å². The molecular weight excluding hydrogens is 477 g/mol. The molecule has 0 aromatic heterocycles. The summed E-state index contributed by atoms with van der Waals surface area (Å²) in [6.07, 6.45) is 2.63. The molecule has 9 heteroatoms. The van der Waals surface area contributed by atoms with Crippen molar-refractivity contribution in [3.8, 4) is 5.75 Å². The first-order valence-electron chi connectivity index (χ1n) is 11.5. The number of benzene rings is 2. The number of aryl methyl sites for hydroxylation is 1. The van der Waals surface area contributed by atoms with Crippen LogP contribution in [0.15, 0.2) is 41.4 Å². The third-order valence-corrected chi connectivity index (χ3v) is 6.87. The number of methoxy groups -OCH3 is 1. The number of aliphatic imine (C=N–C) groups is 1. The number of halogens is 2. The van der Waals surface area contributed by atoms with Crippen molar-refractivity contribution in [1.29, 1.82) is 0 Å². The largest absolute Gasteiger partial charge is 0.514 e. The highest BCUT2D eigenvalue weighted by Crippen LogP contribution is 2.33. The van der Waals surface area contributed by atoms with Crippen molar-refractivity contribution in [2.24, 2.45) is 4.99 Å². The molecule has 1 saturated heterocycles. The van der Waals surface area contributed by atoms with E-state index in [4.69, 9.17) is 32.7 Å². The fraction of sp³-hybridized carbons (Fsp3) is 0.440. The quantitative estimate of drug-likeness (QED) is 0.353. The van der Waals surface area contributed by atoms with E-state index in [1.165, 1.54) is 7.11 Å². The fourth-order valence-electron chi connectivity index (χ4n) is 4.17. The Morgan fingerprint density at radius 1 is 1.06 bits per heavy atom. The Hall–Kier alpha value is -2.48. The molecule has 34 heavy (non-hydrogen) atoms. The second-order valence-electron chi connectivity index (χ2n) is 8.31. The molecule has 0 aliphatic carbocycles. The molecule has 4 rings (SSSR count). The van der Waals surface area contributed by atoms with Gasteiger partial charge in [0.05, 0.1) is 35.1 Å². The van der Waals surface area contributed by atoms with Gasteiger partial charge in [-0.05, 0) is 49.6 Å². The summed E-state index contributed by atoms with van der Waals surface area (Å²) in [5, 5.41) is 1.23. The minimum absolute atomic E-state index is 0.370. The SMILES string of the molecule is COC(=O)OC1=Nc2cc(OCCCCN3CCN(c4cccc(Cl)c4Cl)CC3)ccc2CC1. The molecule has 0 saturated carbocycles. The van der Waals surface area contributed by atoms with Crippen molar-refractivity contribution in [3.63, 3.8) is 0 Å². The van der Waals surface area contributed by atoms with Gasteiger partial charge in [-0.1, -0.05) is 35.3 Å². The van der Waals surface area contributed by atoms with Gasteiger partial charge in [-0.25, -0.2) is 9.79 Å². The molecule has 182 valence electrons. The van der Waals surface area contributed by atoms with E-state index in [-0.39, 0.29) is 0 Å². The van der Waals surface area contributed by atoms with Crippen molar-refractivity contribution in [2.45, 2.75) is 25.7 Å². The number of rotatable bonds is 7.